The number of nitrogens with zero attached hydrogens (tertiary/aromatic N) is 2. The van der Waals surface area contributed by atoms with E-state index >= 15 is 0 Å². The van der Waals surface area contributed by atoms with Gasteiger partial charge in [0.15, 0.2) is 0 Å². The van der Waals surface area contributed by atoms with E-state index in [4.69, 9.17) is 0 Å². The van der Waals surface area contributed by atoms with Gasteiger partial charge >= 0.3 is 0 Å². The highest BCUT2D eigenvalue weighted by molar-refractivity contribution is 7.87. The Balaban J connectivity index is 2.12. The van der Waals surface area contributed by atoms with Crippen LogP contribution in [0.25, 0.3) is 0 Å². The van der Waals surface area contributed by atoms with Crippen LogP contribution in [0.15, 0.2) is 12.4 Å². The van der Waals surface area contributed by atoms with Gasteiger partial charge in [-0.2, -0.15) is 17.4 Å². The zero-order valence-corrected chi connectivity index (χ0v) is 13.3. The van der Waals surface area contributed by atoms with Gasteiger partial charge in [0, 0.05) is 25.5 Å². The lowest BCUT2D eigenvalue weighted by Gasteiger charge is -2.28. The van der Waals surface area contributed by atoms with Crippen molar-refractivity contribution in [3.63, 3.8) is 0 Å². The number of rotatable bonds is 7. The van der Waals surface area contributed by atoms with E-state index in [-0.39, 0.29) is 18.0 Å². The van der Waals surface area contributed by atoms with Crippen LogP contribution in [-0.4, -0.2) is 35.8 Å². The normalized spacial score (nSPS) is 19.5. The second-order valence-corrected chi connectivity index (χ2v) is 7.68. The lowest BCUT2D eigenvalue weighted by molar-refractivity contribution is 0.339. The van der Waals surface area contributed by atoms with Crippen molar-refractivity contribution < 1.29 is 8.42 Å². The van der Waals surface area contributed by atoms with Gasteiger partial charge in [-0.15, -0.1) is 0 Å². The van der Waals surface area contributed by atoms with Crippen molar-refractivity contribution in [2.45, 2.75) is 45.7 Å². The first-order chi connectivity index (χ1) is 9.33. The minimum absolute atomic E-state index is 0.0388. The van der Waals surface area contributed by atoms with Gasteiger partial charge in [-0.1, -0.05) is 13.8 Å². The summed E-state index contributed by atoms with van der Waals surface area (Å²) in [5.41, 5.74) is 0. The molecule has 114 valence electrons. The van der Waals surface area contributed by atoms with Gasteiger partial charge in [0.25, 0.3) is 10.2 Å². The smallest absolute Gasteiger partial charge is 0.280 e. The van der Waals surface area contributed by atoms with Gasteiger partial charge in [0.2, 0.25) is 0 Å². The van der Waals surface area contributed by atoms with E-state index in [0.717, 1.165) is 12.8 Å². The molecular formula is C13H24N4O2S. The number of H-pyrrole nitrogens is 1. The summed E-state index contributed by atoms with van der Waals surface area (Å²) in [5.74, 6) is 1.26. The second-order valence-electron chi connectivity index (χ2n) is 5.91. The summed E-state index contributed by atoms with van der Waals surface area (Å²) in [6.45, 7) is 5.91. The Morgan fingerprint density at radius 1 is 1.40 bits per heavy atom. The lowest BCUT2D eigenvalue weighted by atomic mass is 10.1. The molecule has 0 bridgehead atoms. The first kappa shape index (κ1) is 15.5. The van der Waals surface area contributed by atoms with Crippen LogP contribution in [0.3, 0.4) is 0 Å². The summed E-state index contributed by atoms with van der Waals surface area (Å²) < 4.78 is 29.2. The minimum atomic E-state index is -3.51. The van der Waals surface area contributed by atoms with Gasteiger partial charge in [0.05, 0.1) is 6.04 Å². The molecule has 6 nitrogen and oxygen atoms in total. The zero-order valence-electron chi connectivity index (χ0n) is 12.5. The predicted molar refractivity (Wildman–Crippen MR) is 78.2 cm³/mol. The highest BCUT2D eigenvalue weighted by Crippen LogP contribution is 2.35. The molecule has 2 atom stereocenters. The van der Waals surface area contributed by atoms with Crippen LogP contribution in [0.2, 0.25) is 0 Å². The summed E-state index contributed by atoms with van der Waals surface area (Å²) in [6, 6.07) is -0.305. The third-order valence-corrected chi connectivity index (χ3v) is 5.66. The summed E-state index contributed by atoms with van der Waals surface area (Å²) in [4.78, 5) is 7.16. The third kappa shape index (κ3) is 3.39. The van der Waals surface area contributed by atoms with Crippen LogP contribution >= 0.6 is 0 Å². The summed E-state index contributed by atoms with van der Waals surface area (Å²) in [5, 5.41) is 0. The summed E-state index contributed by atoms with van der Waals surface area (Å²) in [7, 11) is -1.87. The number of imidazole rings is 1. The quantitative estimate of drug-likeness (QED) is 0.804. The molecule has 0 saturated heterocycles. The third-order valence-electron chi connectivity index (χ3n) is 4.01. The van der Waals surface area contributed by atoms with Crippen molar-refractivity contribution >= 4 is 10.2 Å². The topological polar surface area (TPSA) is 78.1 Å². The number of hydrogen-bond acceptors (Lipinski definition) is 3. The van der Waals surface area contributed by atoms with Gasteiger partial charge < -0.3 is 4.98 Å². The fourth-order valence-electron chi connectivity index (χ4n) is 2.29. The Morgan fingerprint density at radius 3 is 2.50 bits per heavy atom. The molecule has 0 radical (unpaired) electrons. The van der Waals surface area contributed by atoms with E-state index in [0.29, 0.717) is 11.7 Å². The predicted octanol–water partition coefficient (Wildman–Crippen LogP) is 1.67. The lowest BCUT2D eigenvalue weighted by Crippen LogP contribution is -2.46. The Morgan fingerprint density at radius 2 is 2.05 bits per heavy atom. The molecule has 1 aromatic rings. The van der Waals surface area contributed by atoms with E-state index in [1.165, 1.54) is 4.31 Å². The fourth-order valence-corrected chi connectivity index (χ4v) is 3.77. The molecule has 2 rings (SSSR count). The highest BCUT2D eigenvalue weighted by atomic mass is 32.2. The van der Waals surface area contributed by atoms with Crippen LogP contribution in [-0.2, 0) is 10.2 Å². The molecule has 0 amide bonds. The largest absolute Gasteiger partial charge is 0.347 e. The maximum Gasteiger partial charge on any atom is 0.280 e. The molecule has 1 saturated carbocycles. The molecule has 1 aromatic heterocycles. The fraction of sp³-hybridized carbons (Fsp3) is 0.769. The first-order valence-corrected chi connectivity index (χ1v) is 8.51. The van der Waals surface area contributed by atoms with Crippen LogP contribution < -0.4 is 4.72 Å². The van der Waals surface area contributed by atoms with Crippen molar-refractivity contribution in [3.8, 4) is 0 Å². The van der Waals surface area contributed by atoms with E-state index in [1.807, 2.05) is 20.8 Å². The number of nitrogens with one attached hydrogen (secondary N) is 2. The molecule has 0 spiro atoms. The monoisotopic (exact) mass is 300 g/mol. The van der Waals surface area contributed by atoms with Crippen molar-refractivity contribution in [1.29, 1.82) is 0 Å². The van der Waals surface area contributed by atoms with E-state index in [9.17, 15) is 8.42 Å². The maximum atomic E-state index is 12.5. The molecule has 7 heteroatoms. The van der Waals surface area contributed by atoms with Crippen molar-refractivity contribution in [2.75, 3.05) is 7.05 Å². The van der Waals surface area contributed by atoms with Crippen molar-refractivity contribution in [3.05, 3.63) is 18.2 Å². The minimum Gasteiger partial charge on any atom is -0.347 e. The van der Waals surface area contributed by atoms with Crippen LogP contribution in [0, 0.1) is 11.8 Å². The van der Waals surface area contributed by atoms with E-state index in [2.05, 4.69) is 14.7 Å². The average molecular weight is 300 g/mol. The van der Waals surface area contributed by atoms with Crippen molar-refractivity contribution in [2.24, 2.45) is 11.8 Å². The standard InChI is InChI=1S/C13H24N4O2S/c1-9(2)12(13-14-7-8-15-13)16-20(18,19)17(4)10(3)11-5-6-11/h7-12,16H,5-6H2,1-4H3,(H,14,15)/t10?,12-/m0/s1. The van der Waals surface area contributed by atoms with E-state index < -0.39 is 10.2 Å². The van der Waals surface area contributed by atoms with Crippen LogP contribution in [0.5, 0.6) is 0 Å². The summed E-state index contributed by atoms with van der Waals surface area (Å²) in [6.07, 6.45) is 5.57. The van der Waals surface area contributed by atoms with E-state index in [1.54, 1.807) is 19.4 Å². The molecule has 0 aliphatic heterocycles. The second kappa shape index (κ2) is 5.83. The SMILES string of the molecule is CC(C)[C@H](NS(=O)(=O)N(C)C(C)C1CC1)c1ncc[nH]1. The zero-order chi connectivity index (χ0) is 14.9. The number of aromatic nitrogens is 2. The Labute approximate surface area is 121 Å². The van der Waals surface area contributed by atoms with Crippen LogP contribution in [0.1, 0.15) is 45.5 Å². The number of aromatic amines is 1. The van der Waals surface area contributed by atoms with Gasteiger partial charge in [-0.3, -0.25) is 0 Å². The van der Waals surface area contributed by atoms with Gasteiger partial charge in [-0.25, -0.2) is 4.98 Å². The van der Waals surface area contributed by atoms with Gasteiger partial charge in [0.1, 0.15) is 5.82 Å². The van der Waals surface area contributed by atoms with Crippen molar-refractivity contribution in [1.82, 2.24) is 19.0 Å². The molecule has 20 heavy (non-hydrogen) atoms. The van der Waals surface area contributed by atoms with Gasteiger partial charge in [-0.05, 0) is 31.6 Å². The molecule has 1 aliphatic carbocycles. The number of hydrogen-bond donors (Lipinski definition) is 2. The molecule has 1 heterocycles. The Kier molecular flexibility index (Phi) is 4.51. The molecule has 0 aromatic carbocycles. The molecule has 1 unspecified atom stereocenters. The maximum absolute atomic E-state index is 12.5. The Bertz CT molecular complexity index is 523. The molecule has 2 N–H and O–H groups in total. The summed E-state index contributed by atoms with van der Waals surface area (Å²) >= 11 is 0. The first-order valence-electron chi connectivity index (χ1n) is 7.07. The molecular weight excluding hydrogens is 276 g/mol. The molecule has 1 fully saturated rings. The highest BCUT2D eigenvalue weighted by Gasteiger charge is 2.36. The van der Waals surface area contributed by atoms with Crippen LogP contribution in [0.4, 0.5) is 0 Å². The average Bonchev–Trinajstić information content (AvgIpc) is 3.10. The Hall–Kier alpha value is -0.920. The molecule has 1 aliphatic rings.